The third kappa shape index (κ3) is 6.26. The van der Waals surface area contributed by atoms with Crippen molar-refractivity contribution in [3.8, 4) is 17.2 Å². The Morgan fingerprint density at radius 1 is 0.784 bits per heavy atom. The van der Waals surface area contributed by atoms with E-state index in [0.717, 1.165) is 38.0 Å². The van der Waals surface area contributed by atoms with Crippen molar-refractivity contribution in [2.24, 2.45) is 0 Å². The lowest BCUT2D eigenvalue weighted by atomic mass is 10.1. The number of sulfonamides is 1. The van der Waals surface area contributed by atoms with E-state index in [0.29, 0.717) is 34.2 Å². The molecule has 1 aliphatic heterocycles. The first-order chi connectivity index (χ1) is 17.8. The second-order valence-corrected chi connectivity index (χ2v) is 10.3. The Balaban J connectivity index is 1.67. The summed E-state index contributed by atoms with van der Waals surface area (Å²) in [5.74, 6) is 1.16. The van der Waals surface area contributed by atoms with Crippen molar-refractivity contribution in [2.75, 3.05) is 49.4 Å². The first-order valence-corrected chi connectivity index (χ1v) is 13.4. The van der Waals surface area contributed by atoms with Crippen LogP contribution in [0.15, 0.2) is 65.6 Å². The monoisotopic (exact) mass is 525 g/mol. The number of benzene rings is 3. The molecule has 1 heterocycles. The molecular formula is C27H31N3O6S. The van der Waals surface area contributed by atoms with E-state index in [9.17, 15) is 13.2 Å². The van der Waals surface area contributed by atoms with E-state index in [1.165, 1.54) is 20.3 Å². The van der Waals surface area contributed by atoms with E-state index in [1.54, 1.807) is 61.7 Å². The van der Waals surface area contributed by atoms with Crippen LogP contribution < -0.4 is 29.1 Å². The molecule has 1 aliphatic rings. The summed E-state index contributed by atoms with van der Waals surface area (Å²) in [7, 11) is 0.635. The van der Waals surface area contributed by atoms with Gasteiger partial charge in [-0.3, -0.25) is 9.52 Å². The van der Waals surface area contributed by atoms with Gasteiger partial charge in [-0.15, -0.1) is 0 Å². The van der Waals surface area contributed by atoms with E-state index in [-0.39, 0.29) is 4.90 Å². The third-order valence-corrected chi connectivity index (χ3v) is 7.56. The van der Waals surface area contributed by atoms with Crippen LogP contribution in [-0.4, -0.2) is 48.7 Å². The van der Waals surface area contributed by atoms with Gasteiger partial charge in [0.25, 0.3) is 15.9 Å². The van der Waals surface area contributed by atoms with Crippen molar-refractivity contribution >= 4 is 33.0 Å². The average Bonchev–Trinajstić information content (AvgIpc) is 2.93. The molecule has 0 bridgehead atoms. The van der Waals surface area contributed by atoms with Gasteiger partial charge in [-0.1, -0.05) is 0 Å². The fourth-order valence-corrected chi connectivity index (χ4v) is 5.28. The first kappa shape index (κ1) is 26.2. The van der Waals surface area contributed by atoms with Crippen LogP contribution in [0.25, 0.3) is 0 Å². The summed E-state index contributed by atoms with van der Waals surface area (Å²) >= 11 is 0. The van der Waals surface area contributed by atoms with Crippen molar-refractivity contribution in [1.82, 2.24) is 0 Å². The second kappa shape index (κ2) is 11.4. The summed E-state index contributed by atoms with van der Waals surface area (Å²) in [4.78, 5) is 15.5. The van der Waals surface area contributed by atoms with Crippen molar-refractivity contribution in [1.29, 1.82) is 0 Å². The van der Waals surface area contributed by atoms with Gasteiger partial charge in [0.05, 0.1) is 37.6 Å². The average molecular weight is 526 g/mol. The number of ether oxygens (including phenoxy) is 3. The Morgan fingerprint density at radius 2 is 1.41 bits per heavy atom. The van der Waals surface area contributed by atoms with E-state index < -0.39 is 15.9 Å². The van der Waals surface area contributed by atoms with E-state index >= 15 is 0 Å². The van der Waals surface area contributed by atoms with Gasteiger partial charge in [0.15, 0.2) is 0 Å². The van der Waals surface area contributed by atoms with Gasteiger partial charge >= 0.3 is 0 Å². The van der Waals surface area contributed by atoms with Crippen LogP contribution in [-0.2, 0) is 10.0 Å². The smallest absolute Gasteiger partial charge is 0.261 e. The highest BCUT2D eigenvalue weighted by Gasteiger charge is 2.22. The van der Waals surface area contributed by atoms with Crippen LogP contribution >= 0.6 is 0 Å². The number of rotatable bonds is 9. The van der Waals surface area contributed by atoms with Crippen LogP contribution in [0.3, 0.4) is 0 Å². The zero-order chi connectivity index (χ0) is 26.4. The summed E-state index contributed by atoms with van der Waals surface area (Å²) < 4.78 is 44.7. The fraction of sp³-hybridized carbons (Fsp3) is 0.296. The highest BCUT2D eigenvalue weighted by Crippen LogP contribution is 2.33. The maximum atomic E-state index is 13.3. The zero-order valence-corrected chi connectivity index (χ0v) is 21.9. The van der Waals surface area contributed by atoms with Gasteiger partial charge in [-0.25, -0.2) is 8.42 Å². The molecule has 1 amide bonds. The highest BCUT2D eigenvalue weighted by molar-refractivity contribution is 7.92. The minimum absolute atomic E-state index is 0.0302. The molecule has 0 saturated carbocycles. The van der Waals surface area contributed by atoms with Crippen LogP contribution in [0, 0.1) is 0 Å². The number of amides is 1. The summed E-state index contributed by atoms with van der Waals surface area (Å²) in [5, 5.41) is 2.92. The molecule has 196 valence electrons. The molecule has 10 heteroatoms. The molecule has 0 radical (unpaired) electrons. The number of hydrogen-bond acceptors (Lipinski definition) is 7. The quantitative estimate of drug-likeness (QED) is 0.415. The molecule has 9 nitrogen and oxygen atoms in total. The van der Waals surface area contributed by atoms with Crippen LogP contribution in [0.5, 0.6) is 17.2 Å². The van der Waals surface area contributed by atoms with Crippen LogP contribution in [0.4, 0.5) is 17.1 Å². The van der Waals surface area contributed by atoms with Gasteiger partial charge < -0.3 is 24.4 Å². The number of carbonyl (C=O) groups excluding carboxylic acids is 1. The molecule has 0 unspecified atom stereocenters. The molecule has 1 saturated heterocycles. The predicted octanol–water partition coefficient (Wildman–Crippen LogP) is 4.76. The number of nitrogens with one attached hydrogen (secondary N) is 2. The van der Waals surface area contributed by atoms with Crippen molar-refractivity contribution in [2.45, 2.75) is 24.2 Å². The topological polar surface area (TPSA) is 106 Å². The van der Waals surface area contributed by atoms with E-state index in [2.05, 4.69) is 14.9 Å². The number of anilines is 3. The van der Waals surface area contributed by atoms with Gasteiger partial charge in [0.1, 0.15) is 17.2 Å². The molecular weight excluding hydrogens is 494 g/mol. The molecule has 1 fully saturated rings. The fourth-order valence-electron chi connectivity index (χ4n) is 4.20. The molecule has 37 heavy (non-hydrogen) atoms. The molecule has 2 N–H and O–H groups in total. The van der Waals surface area contributed by atoms with Crippen LogP contribution in [0.2, 0.25) is 0 Å². The Bertz CT molecular complexity index is 1330. The molecule has 0 aliphatic carbocycles. The molecule has 3 aromatic rings. The summed E-state index contributed by atoms with van der Waals surface area (Å²) in [6.07, 6.45) is 3.19. The molecule has 0 aromatic heterocycles. The van der Waals surface area contributed by atoms with E-state index in [1.807, 2.05) is 0 Å². The largest absolute Gasteiger partial charge is 0.497 e. The lowest BCUT2D eigenvalue weighted by molar-refractivity contribution is 0.102. The molecule has 0 atom stereocenters. The van der Waals surface area contributed by atoms with Crippen molar-refractivity contribution in [3.63, 3.8) is 0 Å². The summed E-state index contributed by atoms with van der Waals surface area (Å²) in [6, 6.07) is 16.3. The Hall–Kier alpha value is -3.92. The number of nitrogens with zero attached hydrogens (tertiary/aromatic N) is 1. The third-order valence-electron chi connectivity index (χ3n) is 6.18. The zero-order valence-electron chi connectivity index (χ0n) is 21.1. The Morgan fingerprint density at radius 3 is 2.00 bits per heavy atom. The number of piperidine rings is 1. The van der Waals surface area contributed by atoms with Crippen molar-refractivity contribution in [3.05, 3.63) is 66.2 Å². The normalized spacial score (nSPS) is 13.5. The molecule has 4 rings (SSSR count). The minimum atomic E-state index is -3.93. The van der Waals surface area contributed by atoms with Gasteiger partial charge in [0.2, 0.25) is 0 Å². The minimum Gasteiger partial charge on any atom is -0.497 e. The Kier molecular flexibility index (Phi) is 8.08. The number of methoxy groups -OCH3 is 3. The Labute approximate surface area is 217 Å². The SMILES string of the molecule is COc1ccc(NS(=O)(=O)c2ccc(N3CCCCC3)c(NC(=O)c3cc(OC)cc(OC)c3)c2)cc1. The summed E-state index contributed by atoms with van der Waals surface area (Å²) in [6.45, 7) is 1.65. The van der Waals surface area contributed by atoms with Crippen LogP contribution in [0.1, 0.15) is 29.6 Å². The maximum absolute atomic E-state index is 13.3. The van der Waals surface area contributed by atoms with E-state index in [4.69, 9.17) is 14.2 Å². The molecule has 0 spiro atoms. The first-order valence-electron chi connectivity index (χ1n) is 11.9. The van der Waals surface area contributed by atoms with Gasteiger partial charge in [-0.05, 0) is 73.9 Å². The number of hydrogen-bond donors (Lipinski definition) is 2. The van der Waals surface area contributed by atoms with Gasteiger partial charge in [0, 0.05) is 30.4 Å². The lowest BCUT2D eigenvalue weighted by Crippen LogP contribution is -2.30. The predicted molar refractivity (Wildman–Crippen MR) is 144 cm³/mol. The maximum Gasteiger partial charge on any atom is 0.261 e. The second-order valence-electron chi connectivity index (χ2n) is 8.62. The lowest BCUT2D eigenvalue weighted by Gasteiger charge is -2.31. The molecule has 3 aromatic carbocycles. The highest BCUT2D eigenvalue weighted by atomic mass is 32.2. The van der Waals surface area contributed by atoms with Crippen molar-refractivity contribution < 1.29 is 27.4 Å². The van der Waals surface area contributed by atoms with Gasteiger partial charge in [-0.2, -0.15) is 0 Å². The number of carbonyl (C=O) groups is 1. The summed E-state index contributed by atoms with van der Waals surface area (Å²) in [5.41, 5.74) is 1.90. The standard InChI is InChI=1S/C27H31N3O6S/c1-34-21-9-7-20(8-10-21)29-37(32,33)24-11-12-26(30-13-5-4-6-14-30)25(18-24)28-27(31)19-15-22(35-2)17-23(16-19)36-3/h7-12,15-18,29H,4-6,13-14H2,1-3H3,(H,28,31).